The molecule has 1 aromatic carbocycles. The molecule has 2 rings (SSSR count). The monoisotopic (exact) mass is 236 g/mol. The summed E-state index contributed by atoms with van der Waals surface area (Å²) in [5.41, 5.74) is 7.44. The predicted octanol–water partition coefficient (Wildman–Crippen LogP) is 1.74. The van der Waals surface area contributed by atoms with Crippen molar-refractivity contribution in [1.29, 1.82) is 0 Å². The van der Waals surface area contributed by atoms with Gasteiger partial charge in [-0.15, -0.1) is 0 Å². The van der Waals surface area contributed by atoms with Crippen LogP contribution in [0.25, 0.3) is 0 Å². The molecule has 0 atom stereocenters. The fraction of sp³-hybridized carbons (Fsp3) is 0.200. The Balaban J connectivity index is 2.11. The van der Waals surface area contributed by atoms with E-state index in [2.05, 4.69) is 14.7 Å². The van der Waals surface area contributed by atoms with Crippen LogP contribution >= 0.6 is 11.5 Å². The number of nitrogens with zero attached hydrogens (tertiary/aromatic N) is 2. The Bertz CT molecular complexity index is 458. The summed E-state index contributed by atoms with van der Waals surface area (Å²) >= 11 is 1.32. The summed E-state index contributed by atoms with van der Waals surface area (Å²) in [7, 11) is 1.64. The summed E-state index contributed by atoms with van der Waals surface area (Å²) in [6.45, 7) is 0.614. The number of hydrogen-bond acceptors (Lipinski definition) is 6. The van der Waals surface area contributed by atoms with Crippen molar-refractivity contribution in [3.8, 4) is 5.75 Å². The number of nitrogens with two attached hydrogens (primary N) is 1. The lowest BCUT2D eigenvalue weighted by atomic mass is 10.2. The minimum absolute atomic E-state index is 0.614. The number of methoxy groups -OCH3 is 1. The molecule has 0 aliphatic heterocycles. The standard InChI is InChI=1S/C10H12N4OS/c1-15-9-3-2-8(11)4-7(9)5-12-10-13-6-14-16-10/h2-4,6H,5,11H2,1H3,(H,12,13,14). The van der Waals surface area contributed by atoms with Gasteiger partial charge in [0.1, 0.15) is 12.1 Å². The number of benzene rings is 1. The largest absolute Gasteiger partial charge is 0.496 e. The van der Waals surface area contributed by atoms with Crippen molar-refractivity contribution in [2.75, 3.05) is 18.2 Å². The normalized spacial score (nSPS) is 10.1. The first-order valence-corrected chi connectivity index (χ1v) is 5.50. The SMILES string of the molecule is COc1ccc(N)cc1CNc1ncns1. The number of ether oxygens (including phenoxy) is 1. The van der Waals surface area contributed by atoms with Crippen LogP contribution in [0.5, 0.6) is 5.75 Å². The highest BCUT2D eigenvalue weighted by Gasteiger charge is 2.04. The van der Waals surface area contributed by atoms with Gasteiger partial charge in [0.05, 0.1) is 7.11 Å². The van der Waals surface area contributed by atoms with Gasteiger partial charge in [-0.05, 0) is 18.2 Å². The molecule has 0 saturated carbocycles. The van der Waals surface area contributed by atoms with E-state index in [0.717, 1.165) is 22.1 Å². The third-order valence-electron chi connectivity index (χ3n) is 2.10. The fourth-order valence-electron chi connectivity index (χ4n) is 1.36. The lowest BCUT2D eigenvalue weighted by Gasteiger charge is -2.09. The quantitative estimate of drug-likeness (QED) is 0.791. The van der Waals surface area contributed by atoms with Gasteiger partial charge in [-0.2, -0.15) is 4.37 Å². The molecule has 0 unspecified atom stereocenters. The molecule has 1 aromatic heterocycles. The van der Waals surface area contributed by atoms with Gasteiger partial charge in [-0.3, -0.25) is 0 Å². The molecule has 3 N–H and O–H groups in total. The second-order valence-electron chi connectivity index (χ2n) is 3.17. The van der Waals surface area contributed by atoms with Crippen LogP contribution in [0.4, 0.5) is 10.8 Å². The summed E-state index contributed by atoms with van der Waals surface area (Å²) in [6.07, 6.45) is 1.52. The van der Waals surface area contributed by atoms with E-state index in [0.29, 0.717) is 6.54 Å². The summed E-state index contributed by atoms with van der Waals surface area (Å²) in [5.74, 6) is 0.811. The average Bonchev–Trinajstić information content (AvgIpc) is 2.79. The van der Waals surface area contributed by atoms with E-state index in [-0.39, 0.29) is 0 Å². The second kappa shape index (κ2) is 4.80. The molecule has 5 nitrogen and oxygen atoms in total. The zero-order chi connectivity index (χ0) is 11.4. The van der Waals surface area contributed by atoms with Gasteiger partial charge in [0.2, 0.25) is 5.13 Å². The first-order chi connectivity index (χ1) is 7.79. The maximum Gasteiger partial charge on any atom is 0.202 e. The van der Waals surface area contributed by atoms with Gasteiger partial charge in [0.25, 0.3) is 0 Å². The van der Waals surface area contributed by atoms with Crippen LogP contribution in [0.1, 0.15) is 5.56 Å². The van der Waals surface area contributed by atoms with Crippen molar-refractivity contribution >= 4 is 22.4 Å². The molecule has 16 heavy (non-hydrogen) atoms. The average molecular weight is 236 g/mol. The Morgan fingerprint density at radius 3 is 3.06 bits per heavy atom. The van der Waals surface area contributed by atoms with Crippen LogP contribution in [0, 0.1) is 0 Å². The van der Waals surface area contributed by atoms with Crippen molar-refractivity contribution in [1.82, 2.24) is 9.36 Å². The molecule has 0 spiro atoms. The molecule has 0 radical (unpaired) electrons. The van der Waals surface area contributed by atoms with Crippen molar-refractivity contribution in [3.05, 3.63) is 30.1 Å². The molecular weight excluding hydrogens is 224 g/mol. The topological polar surface area (TPSA) is 73.1 Å². The van der Waals surface area contributed by atoms with Crippen LogP contribution in [-0.2, 0) is 6.54 Å². The molecular formula is C10H12N4OS. The van der Waals surface area contributed by atoms with Crippen molar-refractivity contribution in [2.45, 2.75) is 6.54 Å². The Morgan fingerprint density at radius 1 is 1.50 bits per heavy atom. The molecule has 0 aliphatic rings. The Kier molecular flexibility index (Phi) is 3.21. The number of rotatable bonds is 4. The smallest absolute Gasteiger partial charge is 0.202 e. The summed E-state index contributed by atoms with van der Waals surface area (Å²) in [5, 5.41) is 3.93. The maximum atomic E-state index is 5.72. The predicted molar refractivity (Wildman–Crippen MR) is 64.6 cm³/mol. The highest BCUT2D eigenvalue weighted by atomic mass is 32.1. The van der Waals surface area contributed by atoms with Gasteiger partial charge < -0.3 is 15.8 Å². The zero-order valence-corrected chi connectivity index (χ0v) is 9.62. The third kappa shape index (κ3) is 2.40. The molecule has 6 heteroatoms. The van der Waals surface area contributed by atoms with Crippen LogP contribution in [0.3, 0.4) is 0 Å². The number of hydrogen-bond donors (Lipinski definition) is 2. The third-order valence-corrected chi connectivity index (χ3v) is 2.72. The number of anilines is 2. The molecule has 0 bridgehead atoms. The minimum atomic E-state index is 0.614. The maximum absolute atomic E-state index is 5.72. The van der Waals surface area contributed by atoms with Crippen molar-refractivity contribution < 1.29 is 4.74 Å². The van der Waals surface area contributed by atoms with Crippen LogP contribution in [0.2, 0.25) is 0 Å². The van der Waals surface area contributed by atoms with E-state index < -0.39 is 0 Å². The number of nitrogen functional groups attached to an aromatic ring is 1. The molecule has 0 aliphatic carbocycles. The van der Waals surface area contributed by atoms with E-state index in [1.54, 1.807) is 7.11 Å². The van der Waals surface area contributed by atoms with Gasteiger partial charge in [0.15, 0.2) is 0 Å². The highest BCUT2D eigenvalue weighted by molar-refractivity contribution is 7.09. The number of nitrogens with one attached hydrogen (secondary N) is 1. The zero-order valence-electron chi connectivity index (χ0n) is 8.80. The minimum Gasteiger partial charge on any atom is -0.496 e. The first-order valence-electron chi connectivity index (χ1n) is 4.72. The van der Waals surface area contributed by atoms with E-state index in [4.69, 9.17) is 10.5 Å². The number of aromatic nitrogens is 2. The second-order valence-corrected chi connectivity index (χ2v) is 3.95. The molecule has 0 saturated heterocycles. The van der Waals surface area contributed by atoms with Crippen LogP contribution < -0.4 is 15.8 Å². The summed E-state index contributed by atoms with van der Waals surface area (Å²) in [4.78, 5) is 4.03. The highest BCUT2D eigenvalue weighted by Crippen LogP contribution is 2.22. The van der Waals surface area contributed by atoms with Gasteiger partial charge in [-0.25, -0.2) is 4.98 Å². The van der Waals surface area contributed by atoms with Gasteiger partial charge >= 0.3 is 0 Å². The molecule has 2 aromatic rings. The van der Waals surface area contributed by atoms with Gasteiger partial charge in [-0.1, -0.05) is 0 Å². The van der Waals surface area contributed by atoms with Crippen LogP contribution in [-0.4, -0.2) is 16.5 Å². The van der Waals surface area contributed by atoms with Crippen molar-refractivity contribution in [3.63, 3.8) is 0 Å². The first kappa shape index (κ1) is 10.7. The van der Waals surface area contributed by atoms with E-state index in [9.17, 15) is 0 Å². The summed E-state index contributed by atoms with van der Waals surface area (Å²) in [6, 6.07) is 5.55. The molecule has 0 fully saturated rings. The lowest BCUT2D eigenvalue weighted by Crippen LogP contribution is -2.02. The fourth-order valence-corrected chi connectivity index (χ4v) is 1.78. The van der Waals surface area contributed by atoms with Crippen molar-refractivity contribution in [2.24, 2.45) is 0 Å². The summed E-state index contributed by atoms with van der Waals surface area (Å²) < 4.78 is 9.15. The Hall–Kier alpha value is -1.82. The van der Waals surface area contributed by atoms with Crippen LogP contribution in [0.15, 0.2) is 24.5 Å². The van der Waals surface area contributed by atoms with Gasteiger partial charge in [0, 0.05) is 29.3 Å². The van der Waals surface area contributed by atoms with E-state index in [1.165, 1.54) is 17.9 Å². The molecule has 0 amide bonds. The van der Waals surface area contributed by atoms with E-state index >= 15 is 0 Å². The van der Waals surface area contributed by atoms with E-state index in [1.807, 2.05) is 18.2 Å². The molecule has 84 valence electrons. The Labute approximate surface area is 97.4 Å². The molecule has 1 heterocycles. The lowest BCUT2D eigenvalue weighted by molar-refractivity contribution is 0.410. The Morgan fingerprint density at radius 2 is 2.38 bits per heavy atom.